The van der Waals surface area contributed by atoms with Crippen molar-refractivity contribution in [2.45, 2.75) is 51.4 Å². The Morgan fingerprint density at radius 3 is 2.59 bits per heavy atom. The van der Waals surface area contributed by atoms with Crippen molar-refractivity contribution in [2.75, 3.05) is 7.05 Å². The van der Waals surface area contributed by atoms with Crippen molar-refractivity contribution in [2.24, 2.45) is 0 Å². The van der Waals surface area contributed by atoms with Crippen LogP contribution in [0.2, 0.25) is 0 Å². The number of aromatic nitrogens is 2. The molecule has 0 saturated heterocycles. The molecular formula is C13H23N3O. The highest BCUT2D eigenvalue weighted by molar-refractivity contribution is 5.75. The minimum atomic E-state index is 0.156. The molecule has 1 aromatic heterocycles. The van der Waals surface area contributed by atoms with Gasteiger partial charge in [0, 0.05) is 19.7 Å². The second kappa shape index (κ2) is 8.79. The second-order valence-corrected chi connectivity index (χ2v) is 4.36. The molecule has 4 heteroatoms. The Hall–Kier alpha value is -1.32. The average molecular weight is 237 g/mol. The van der Waals surface area contributed by atoms with E-state index in [1.54, 1.807) is 13.4 Å². The molecule has 0 unspecified atom stereocenters. The highest BCUT2D eigenvalue weighted by Gasteiger charge is 1.98. The molecule has 4 nitrogen and oxygen atoms in total. The van der Waals surface area contributed by atoms with Crippen LogP contribution in [0.5, 0.6) is 0 Å². The molecule has 0 aliphatic heterocycles. The summed E-state index contributed by atoms with van der Waals surface area (Å²) in [7, 11) is 1.69. The van der Waals surface area contributed by atoms with Crippen LogP contribution in [0.25, 0.3) is 0 Å². The molecule has 1 aromatic rings. The third-order valence-corrected chi connectivity index (χ3v) is 2.92. The molecule has 2 N–H and O–H groups in total. The zero-order chi connectivity index (χ0) is 12.3. The number of nitrogens with one attached hydrogen (secondary N) is 2. The topological polar surface area (TPSA) is 57.8 Å². The number of amides is 1. The van der Waals surface area contributed by atoms with Crippen molar-refractivity contribution in [3.8, 4) is 0 Å². The number of H-pyrrole nitrogens is 1. The van der Waals surface area contributed by atoms with Crippen molar-refractivity contribution in [3.05, 3.63) is 18.2 Å². The van der Waals surface area contributed by atoms with E-state index in [1.165, 1.54) is 25.7 Å². The van der Waals surface area contributed by atoms with Crippen LogP contribution < -0.4 is 5.32 Å². The van der Waals surface area contributed by atoms with Crippen LogP contribution in [-0.4, -0.2) is 22.9 Å². The lowest BCUT2D eigenvalue weighted by molar-refractivity contribution is -0.120. The van der Waals surface area contributed by atoms with Gasteiger partial charge >= 0.3 is 0 Å². The number of aromatic amines is 1. The predicted octanol–water partition coefficient (Wildman–Crippen LogP) is 2.43. The zero-order valence-electron chi connectivity index (χ0n) is 10.7. The summed E-state index contributed by atoms with van der Waals surface area (Å²) in [6.07, 6.45) is 12.6. The number of rotatable bonds is 9. The van der Waals surface area contributed by atoms with Gasteiger partial charge in [-0.05, 0) is 19.3 Å². The minimum absolute atomic E-state index is 0.156. The van der Waals surface area contributed by atoms with Gasteiger partial charge in [0.15, 0.2) is 0 Å². The molecule has 17 heavy (non-hydrogen) atoms. The lowest BCUT2D eigenvalue weighted by Crippen LogP contribution is -2.16. The van der Waals surface area contributed by atoms with Crippen LogP contribution >= 0.6 is 0 Å². The maximum absolute atomic E-state index is 11.0. The van der Waals surface area contributed by atoms with Gasteiger partial charge < -0.3 is 10.3 Å². The first-order valence-corrected chi connectivity index (χ1v) is 6.51. The van der Waals surface area contributed by atoms with Crippen LogP contribution in [0.3, 0.4) is 0 Å². The molecule has 0 saturated carbocycles. The van der Waals surface area contributed by atoms with Crippen molar-refractivity contribution >= 4 is 5.91 Å². The summed E-state index contributed by atoms with van der Waals surface area (Å²) in [5, 5.41) is 2.64. The Balaban J connectivity index is 1.83. The molecule has 0 spiro atoms. The van der Waals surface area contributed by atoms with Crippen molar-refractivity contribution in [1.82, 2.24) is 15.3 Å². The van der Waals surface area contributed by atoms with Crippen LogP contribution in [0.15, 0.2) is 12.5 Å². The van der Waals surface area contributed by atoms with E-state index in [9.17, 15) is 4.79 Å². The van der Waals surface area contributed by atoms with Gasteiger partial charge in [0.25, 0.3) is 0 Å². The first-order chi connectivity index (χ1) is 8.33. The molecule has 0 aliphatic carbocycles. The van der Waals surface area contributed by atoms with E-state index < -0.39 is 0 Å². The maximum Gasteiger partial charge on any atom is 0.219 e. The highest BCUT2D eigenvalue weighted by atomic mass is 16.1. The van der Waals surface area contributed by atoms with Crippen LogP contribution in [0.1, 0.15) is 50.6 Å². The predicted molar refractivity (Wildman–Crippen MR) is 68.7 cm³/mol. The first kappa shape index (κ1) is 13.7. The molecule has 0 fully saturated rings. The molecule has 0 atom stereocenters. The Bertz CT molecular complexity index is 296. The molecule has 1 heterocycles. The van der Waals surface area contributed by atoms with Gasteiger partial charge in [-0.15, -0.1) is 0 Å². The summed E-state index contributed by atoms with van der Waals surface area (Å²) in [5.41, 5.74) is 1.16. The Morgan fingerprint density at radius 2 is 1.94 bits per heavy atom. The normalized spacial score (nSPS) is 10.4. The van der Waals surface area contributed by atoms with Gasteiger partial charge in [-0.1, -0.05) is 25.7 Å². The number of carbonyl (C=O) groups is 1. The summed E-state index contributed by atoms with van der Waals surface area (Å²) in [5.74, 6) is 0.156. The Morgan fingerprint density at radius 1 is 1.24 bits per heavy atom. The molecule has 96 valence electrons. The van der Waals surface area contributed by atoms with Gasteiger partial charge in [0.1, 0.15) is 0 Å². The SMILES string of the molecule is CNC(=O)CCCCCCCCc1c[nH]cn1. The summed E-state index contributed by atoms with van der Waals surface area (Å²) < 4.78 is 0. The van der Waals surface area contributed by atoms with E-state index in [1.807, 2.05) is 6.20 Å². The number of aryl methyl sites for hydroxylation is 1. The molecule has 0 bridgehead atoms. The Kier molecular flexibility index (Phi) is 7.11. The molecule has 0 radical (unpaired) electrons. The van der Waals surface area contributed by atoms with Crippen LogP contribution in [0, 0.1) is 0 Å². The molecule has 1 rings (SSSR count). The van der Waals surface area contributed by atoms with E-state index in [2.05, 4.69) is 15.3 Å². The van der Waals surface area contributed by atoms with Gasteiger partial charge in [-0.25, -0.2) is 4.98 Å². The largest absolute Gasteiger partial charge is 0.359 e. The number of hydrogen-bond acceptors (Lipinski definition) is 2. The third kappa shape index (κ3) is 6.76. The number of carbonyl (C=O) groups excluding carboxylic acids is 1. The Labute approximate surface area is 103 Å². The number of imidazole rings is 1. The van der Waals surface area contributed by atoms with E-state index in [-0.39, 0.29) is 5.91 Å². The maximum atomic E-state index is 11.0. The number of nitrogens with zero attached hydrogens (tertiary/aromatic N) is 1. The standard InChI is InChI=1S/C13H23N3O/c1-14-13(17)9-7-5-3-2-4-6-8-12-10-15-11-16-12/h10-11H,2-9H2,1H3,(H,14,17)(H,15,16). The monoisotopic (exact) mass is 237 g/mol. The lowest BCUT2D eigenvalue weighted by Gasteiger charge is -2.01. The quantitative estimate of drug-likeness (QED) is 0.648. The molecule has 0 aromatic carbocycles. The number of hydrogen-bond donors (Lipinski definition) is 2. The van der Waals surface area contributed by atoms with E-state index in [0.29, 0.717) is 6.42 Å². The van der Waals surface area contributed by atoms with E-state index >= 15 is 0 Å². The van der Waals surface area contributed by atoms with Gasteiger partial charge in [-0.2, -0.15) is 0 Å². The van der Waals surface area contributed by atoms with Crippen molar-refractivity contribution < 1.29 is 4.79 Å². The van der Waals surface area contributed by atoms with Crippen LogP contribution in [0.4, 0.5) is 0 Å². The fourth-order valence-corrected chi connectivity index (χ4v) is 1.85. The summed E-state index contributed by atoms with van der Waals surface area (Å²) in [6.45, 7) is 0. The fourth-order valence-electron chi connectivity index (χ4n) is 1.85. The van der Waals surface area contributed by atoms with Gasteiger partial charge in [-0.3, -0.25) is 4.79 Å². The van der Waals surface area contributed by atoms with Crippen molar-refractivity contribution in [3.63, 3.8) is 0 Å². The smallest absolute Gasteiger partial charge is 0.219 e. The second-order valence-electron chi connectivity index (χ2n) is 4.36. The van der Waals surface area contributed by atoms with Crippen LogP contribution in [-0.2, 0) is 11.2 Å². The van der Waals surface area contributed by atoms with E-state index in [0.717, 1.165) is 25.0 Å². The summed E-state index contributed by atoms with van der Waals surface area (Å²) in [6, 6.07) is 0. The molecular weight excluding hydrogens is 214 g/mol. The van der Waals surface area contributed by atoms with Gasteiger partial charge in [0.2, 0.25) is 5.91 Å². The summed E-state index contributed by atoms with van der Waals surface area (Å²) in [4.78, 5) is 18.1. The average Bonchev–Trinajstić information content (AvgIpc) is 2.85. The first-order valence-electron chi connectivity index (χ1n) is 6.51. The lowest BCUT2D eigenvalue weighted by atomic mass is 10.1. The highest BCUT2D eigenvalue weighted by Crippen LogP contribution is 2.09. The van der Waals surface area contributed by atoms with Crippen molar-refractivity contribution in [1.29, 1.82) is 0 Å². The fraction of sp³-hybridized carbons (Fsp3) is 0.692. The van der Waals surface area contributed by atoms with E-state index in [4.69, 9.17) is 0 Å². The molecule has 0 aliphatic rings. The zero-order valence-corrected chi connectivity index (χ0v) is 10.7. The summed E-state index contributed by atoms with van der Waals surface area (Å²) >= 11 is 0. The number of unbranched alkanes of at least 4 members (excludes halogenated alkanes) is 5. The minimum Gasteiger partial charge on any atom is -0.359 e. The molecule has 1 amide bonds. The van der Waals surface area contributed by atoms with Gasteiger partial charge in [0.05, 0.1) is 12.0 Å². The third-order valence-electron chi connectivity index (χ3n) is 2.92.